The maximum Gasteiger partial charge on any atom is 0.193 e. The molecule has 0 radical (unpaired) electrons. The van der Waals surface area contributed by atoms with Crippen molar-refractivity contribution in [3.63, 3.8) is 0 Å². The summed E-state index contributed by atoms with van der Waals surface area (Å²) in [4.78, 5) is 10.4. The molecule has 1 aliphatic carbocycles. The Labute approximate surface area is 156 Å². The molecule has 2 aromatic rings. The number of nitrogens with zero attached hydrogens (tertiary/aromatic N) is 2. The zero-order chi connectivity index (χ0) is 18.4. The largest absolute Gasteiger partial charge is 0.379 e. The SMILES string of the molecule is CCNC(=NCCc1c[nH]c2c(C)cccc12)N(C)CCOCC1CC1. The zero-order valence-electron chi connectivity index (χ0n) is 16.3. The highest BCUT2D eigenvalue weighted by Crippen LogP contribution is 2.28. The van der Waals surface area contributed by atoms with Crippen LogP contribution >= 0.6 is 0 Å². The number of benzene rings is 1. The molecule has 1 aromatic carbocycles. The summed E-state index contributed by atoms with van der Waals surface area (Å²) in [5.74, 6) is 1.78. The summed E-state index contributed by atoms with van der Waals surface area (Å²) < 4.78 is 5.75. The summed E-state index contributed by atoms with van der Waals surface area (Å²) in [7, 11) is 2.08. The molecule has 0 unspecified atom stereocenters. The molecular weight excluding hydrogens is 324 g/mol. The van der Waals surface area contributed by atoms with Crippen LogP contribution in [-0.4, -0.2) is 55.7 Å². The lowest BCUT2D eigenvalue weighted by atomic mass is 10.1. The van der Waals surface area contributed by atoms with Gasteiger partial charge in [0.25, 0.3) is 0 Å². The highest BCUT2D eigenvalue weighted by Gasteiger charge is 2.21. The summed E-state index contributed by atoms with van der Waals surface area (Å²) in [6.45, 7) is 8.44. The fourth-order valence-corrected chi connectivity index (χ4v) is 3.16. The number of hydrogen-bond donors (Lipinski definition) is 2. The second-order valence-corrected chi connectivity index (χ2v) is 7.24. The molecule has 0 aliphatic heterocycles. The highest BCUT2D eigenvalue weighted by molar-refractivity contribution is 5.86. The maximum atomic E-state index is 5.75. The van der Waals surface area contributed by atoms with Crippen LogP contribution in [-0.2, 0) is 11.2 Å². The molecule has 1 heterocycles. The lowest BCUT2D eigenvalue weighted by Crippen LogP contribution is -2.40. The number of hydrogen-bond acceptors (Lipinski definition) is 2. The van der Waals surface area contributed by atoms with Crippen molar-refractivity contribution in [3.05, 3.63) is 35.5 Å². The number of ether oxygens (including phenoxy) is 1. The van der Waals surface area contributed by atoms with Gasteiger partial charge in [0, 0.05) is 50.4 Å². The third-order valence-corrected chi connectivity index (χ3v) is 4.97. The van der Waals surface area contributed by atoms with Crippen molar-refractivity contribution in [1.29, 1.82) is 0 Å². The lowest BCUT2D eigenvalue weighted by Gasteiger charge is -2.22. The second kappa shape index (κ2) is 9.08. The Hall–Kier alpha value is -2.01. The van der Waals surface area contributed by atoms with Gasteiger partial charge in [-0.15, -0.1) is 0 Å². The van der Waals surface area contributed by atoms with Crippen molar-refractivity contribution in [2.45, 2.75) is 33.1 Å². The number of fused-ring (bicyclic) bond motifs is 1. The summed E-state index contributed by atoms with van der Waals surface area (Å²) in [5.41, 5.74) is 3.86. The standard InChI is InChI=1S/C21H32N4O/c1-4-22-21(25(3)12-13-26-15-17-8-9-17)23-11-10-18-14-24-20-16(2)6-5-7-19(18)20/h5-7,14,17,24H,4,8-13,15H2,1-3H3,(H,22,23). The first kappa shape index (κ1) is 18.8. The summed E-state index contributed by atoms with van der Waals surface area (Å²) in [6, 6.07) is 6.45. The first-order chi connectivity index (χ1) is 12.7. The normalized spacial score (nSPS) is 14.8. The number of para-hydroxylation sites is 1. The van der Waals surface area contributed by atoms with E-state index >= 15 is 0 Å². The molecule has 1 saturated carbocycles. The Morgan fingerprint density at radius 1 is 1.38 bits per heavy atom. The Morgan fingerprint density at radius 3 is 3.00 bits per heavy atom. The van der Waals surface area contributed by atoms with Gasteiger partial charge < -0.3 is 19.9 Å². The minimum absolute atomic E-state index is 0.763. The summed E-state index contributed by atoms with van der Waals surface area (Å²) in [6.07, 6.45) is 5.74. The molecule has 0 saturated heterocycles. The third-order valence-electron chi connectivity index (χ3n) is 4.97. The van der Waals surface area contributed by atoms with Crippen molar-refractivity contribution >= 4 is 16.9 Å². The van der Waals surface area contributed by atoms with Crippen LogP contribution in [0.25, 0.3) is 10.9 Å². The van der Waals surface area contributed by atoms with Gasteiger partial charge in [0.2, 0.25) is 0 Å². The van der Waals surface area contributed by atoms with Crippen LogP contribution in [0.2, 0.25) is 0 Å². The van der Waals surface area contributed by atoms with Crippen LogP contribution in [0.3, 0.4) is 0 Å². The first-order valence-corrected chi connectivity index (χ1v) is 9.81. The minimum Gasteiger partial charge on any atom is -0.379 e. The monoisotopic (exact) mass is 356 g/mol. The quantitative estimate of drug-likeness (QED) is 0.412. The van der Waals surface area contributed by atoms with Gasteiger partial charge in [0.05, 0.1) is 6.61 Å². The third kappa shape index (κ3) is 5.01. The number of aromatic amines is 1. The van der Waals surface area contributed by atoms with E-state index in [2.05, 4.69) is 60.5 Å². The number of rotatable bonds is 9. The van der Waals surface area contributed by atoms with Crippen LogP contribution in [0.1, 0.15) is 30.9 Å². The molecule has 2 N–H and O–H groups in total. The van der Waals surface area contributed by atoms with Gasteiger partial charge in [-0.05, 0) is 50.2 Å². The summed E-state index contributed by atoms with van der Waals surface area (Å²) in [5, 5.41) is 4.70. The molecule has 1 aromatic heterocycles. The van der Waals surface area contributed by atoms with E-state index in [-0.39, 0.29) is 0 Å². The van der Waals surface area contributed by atoms with Crippen LogP contribution in [0, 0.1) is 12.8 Å². The van der Waals surface area contributed by atoms with E-state index in [0.717, 1.165) is 51.1 Å². The van der Waals surface area contributed by atoms with Crippen LogP contribution < -0.4 is 5.32 Å². The molecule has 0 amide bonds. The van der Waals surface area contributed by atoms with Gasteiger partial charge in [-0.25, -0.2) is 0 Å². The fourth-order valence-electron chi connectivity index (χ4n) is 3.16. The first-order valence-electron chi connectivity index (χ1n) is 9.81. The average Bonchev–Trinajstić information content (AvgIpc) is 3.37. The molecule has 0 bridgehead atoms. The Morgan fingerprint density at radius 2 is 2.23 bits per heavy atom. The Balaban J connectivity index is 1.53. The van der Waals surface area contributed by atoms with Crippen LogP contribution in [0.4, 0.5) is 0 Å². The molecule has 5 heteroatoms. The van der Waals surface area contributed by atoms with Crippen LogP contribution in [0.5, 0.6) is 0 Å². The van der Waals surface area contributed by atoms with E-state index in [1.165, 1.54) is 34.9 Å². The number of guanidine groups is 1. The van der Waals surface area contributed by atoms with Crippen molar-refractivity contribution in [2.24, 2.45) is 10.9 Å². The van der Waals surface area contributed by atoms with Gasteiger partial charge in [-0.2, -0.15) is 0 Å². The number of nitrogens with one attached hydrogen (secondary N) is 2. The van der Waals surface area contributed by atoms with Crippen molar-refractivity contribution in [1.82, 2.24) is 15.2 Å². The molecule has 1 fully saturated rings. The second-order valence-electron chi connectivity index (χ2n) is 7.24. The van der Waals surface area contributed by atoms with Gasteiger partial charge in [-0.3, -0.25) is 4.99 Å². The van der Waals surface area contributed by atoms with E-state index in [4.69, 9.17) is 9.73 Å². The zero-order valence-corrected chi connectivity index (χ0v) is 16.3. The Bertz CT molecular complexity index is 733. The molecule has 142 valence electrons. The number of H-pyrrole nitrogens is 1. The van der Waals surface area contributed by atoms with Crippen molar-refractivity contribution in [2.75, 3.05) is 39.9 Å². The predicted molar refractivity (Wildman–Crippen MR) is 109 cm³/mol. The smallest absolute Gasteiger partial charge is 0.193 e. The van der Waals surface area contributed by atoms with Crippen molar-refractivity contribution in [3.8, 4) is 0 Å². The average molecular weight is 357 g/mol. The summed E-state index contributed by atoms with van der Waals surface area (Å²) >= 11 is 0. The molecule has 0 spiro atoms. The Kier molecular flexibility index (Phi) is 6.56. The lowest BCUT2D eigenvalue weighted by molar-refractivity contribution is 0.115. The molecule has 26 heavy (non-hydrogen) atoms. The molecule has 3 rings (SSSR count). The minimum atomic E-state index is 0.763. The number of aromatic nitrogens is 1. The number of likely N-dealkylation sites (N-methyl/N-ethyl adjacent to an activating group) is 1. The predicted octanol–water partition coefficient (Wildman–Crippen LogP) is 3.34. The molecule has 0 atom stereocenters. The highest BCUT2D eigenvalue weighted by atomic mass is 16.5. The van der Waals surface area contributed by atoms with Crippen molar-refractivity contribution < 1.29 is 4.74 Å². The van der Waals surface area contributed by atoms with E-state index in [9.17, 15) is 0 Å². The molecule has 1 aliphatic rings. The fraction of sp³-hybridized carbons (Fsp3) is 0.571. The van der Waals surface area contributed by atoms with E-state index in [1.54, 1.807) is 0 Å². The van der Waals surface area contributed by atoms with Gasteiger partial charge in [0.15, 0.2) is 5.96 Å². The molecular formula is C21H32N4O. The van der Waals surface area contributed by atoms with E-state index in [1.807, 2.05) is 0 Å². The van der Waals surface area contributed by atoms with Gasteiger partial charge >= 0.3 is 0 Å². The number of aryl methyl sites for hydroxylation is 1. The number of aliphatic imine (C=N–C) groups is 1. The van der Waals surface area contributed by atoms with E-state index in [0.29, 0.717) is 0 Å². The van der Waals surface area contributed by atoms with Gasteiger partial charge in [-0.1, -0.05) is 18.2 Å². The molecule has 5 nitrogen and oxygen atoms in total. The van der Waals surface area contributed by atoms with E-state index < -0.39 is 0 Å². The topological polar surface area (TPSA) is 52.7 Å². The van der Waals surface area contributed by atoms with Gasteiger partial charge in [0.1, 0.15) is 0 Å². The van der Waals surface area contributed by atoms with Crippen LogP contribution in [0.15, 0.2) is 29.4 Å². The maximum absolute atomic E-state index is 5.75.